The smallest absolute Gasteiger partial charge is 0.306 e. The Morgan fingerprint density at radius 2 is 2.29 bits per heavy atom. The van der Waals surface area contributed by atoms with Gasteiger partial charge in [-0.1, -0.05) is 0 Å². The van der Waals surface area contributed by atoms with Crippen LogP contribution in [0.2, 0.25) is 0 Å². The van der Waals surface area contributed by atoms with Crippen LogP contribution in [0.25, 0.3) is 0 Å². The molecule has 0 aromatic carbocycles. The highest BCUT2D eigenvalue weighted by atomic mass is 32.2. The van der Waals surface area contributed by atoms with Crippen LogP contribution in [-0.2, 0) is 9.53 Å². The summed E-state index contributed by atoms with van der Waals surface area (Å²) in [5.74, 6) is 1.31. The fraction of sp³-hybridized carbons (Fsp3) is 0.545. The van der Waals surface area contributed by atoms with Gasteiger partial charge in [-0.05, 0) is 13.8 Å². The van der Waals surface area contributed by atoms with Crippen molar-refractivity contribution in [3.8, 4) is 0 Å². The van der Waals surface area contributed by atoms with Crippen molar-refractivity contribution in [1.29, 1.82) is 0 Å². The van der Waals surface area contributed by atoms with Gasteiger partial charge in [0.25, 0.3) is 0 Å². The molecule has 0 aliphatic carbocycles. The van der Waals surface area contributed by atoms with Gasteiger partial charge in [0.2, 0.25) is 0 Å². The summed E-state index contributed by atoms with van der Waals surface area (Å²) in [4.78, 5) is 19.3. The number of hydrogen-bond donors (Lipinski definition) is 1. The third-order valence-electron chi connectivity index (χ3n) is 2.15. The summed E-state index contributed by atoms with van der Waals surface area (Å²) in [6.07, 6.45) is 1.92. The molecule has 0 radical (unpaired) electrons. The Hall–Kier alpha value is -1.30. The second kappa shape index (κ2) is 7.11. The van der Waals surface area contributed by atoms with Crippen molar-refractivity contribution >= 4 is 23.5 Å². The highest BCUT2D eigenvalue weighted by Crippen LogP contribution is 2.24. The molecule has 17 heavy (non-hydrogen) atoms. The Kier molecular flexibility index (Phi) is 5.76. The van der Waals surface area contributed by atoms with E-state index in [1.54, 1.807) is 0 Å². The van der Waals surface area contributed by atoms with Crippen LogP contribution in [0, 0.1) is 6.92 Å². The van der Waals surface area contributed by atoms with Crippen molar-refractivity contribution in [2.24, 2.45) is 0 Å². The number of ether oxygens (including phenoxy) is 1. The summed E-state index contributed by atoms with van der Waals surface area (Å²) in [6, 6.07) is 0. The summed E-state index contributed by atoms with van der Waals surface area (Å²) in [6.45, 7) is 4.81. The topological polar surface area (TPSA) is 64.1 Å². The van der Waals surface area contributed by atoms with E-state index in [0.29, 0.717) is 12.2 Å². The largest absolute Gasteiger partial charge is 0.469 e. The van der Waals surface area contributed by atoms with Gasteiger partial charge in [0.1, 0.15) is 17.2 Å². The maximum Gasteiger partial charge on any atom is 0.306 e. The molecule has 1 N–H and O–H groups in total. The van der Waals surface area contributed by atoms with Gasteiger partial charge in [0, 0.05) is 17.9 Å². The lowest BCUT2D eigenvalue weighted by molar-refractivity contribution is -0.140. The number of hydrogen-bond acceptors (Lipinski definition) is 6. The van der Waals surface area contributed by atoms with Crippen LogP contribution in [0.1, 0.15) is 18.9 Å². The molecule has 0 aliphatic rings. The van der Waals surface area contributed by atoms with Crippen LogP contribution in [0.5, 0.6) is 0 Å². The molecular weight excluding hydrogens is 238 g/mol. The minimum absolute atomic E-state index is 0.198. The van der Waals surface area contributed by atoms with E-state index in [1.165, 1.54) is 25.2 Å². The van der Waals surface area contributed by atoms with Crippen molar-refractivity contribution in [2.75, 3.05) is 24.7 Å². The van der Waals surface area contributed by atoms with E-state index in [4.69, 9.17) is 0 Å². The number of anilines is 1. The maximum absolute atomic E-state index is 11.0. The monoisotopic (exact) mass is 255 g/mol. The Morgan fingerprint density at radius 1 is 1.53 bits per heavy atom. The van der Waals surface area contributed by atoms with Gasteiger partial charge >= 0.3 is 5.97 Å². The molecule has 94 valence electrons. The van der Waals surface area contributed by atoms with Gasteiger partial charge in [-0.25, -0.2) is 9.97 Å². The van der Waals surface area contributed by atoms with Crippen molar-refractivity contribution in [3.63, 3.8) is 0 Å². The molecule has 1 rings (SSSR count). The number of carbonyl (C=O) groups excluding carboxylic acids is 1. The highest BCUT2D eigenvalue weighted by molar-refractivity contribution is 7.99. The molecule has 1 aromatic heterocycles. The zero-order valence-corrected chi connectivity index (χ0v) is 11.1. The zero-order valence-electron chi connectivity index (χ0n) is 10.3. The molecule has 0 bridgehead atoms. The standard InChI is InChI=1S/C11H17N3O2S/c1-4-12-10-8(2)11(14-7-13-10)17-6-5-9(15)16-3/h7H,4-6H2,1-3H3,(H,12,13,14). The first-order chi connectivity index (χ1) is 8.19. The summed E-state index contributed by atoms with van der Waals surface area (Å²) in [5, 5.41) is 4.07. The van der Waals surface area contributed by atoms with Crippen molar-refractivity contribution < 1.29 is 9.53 Å². The first kappa shape index (κ1) is 13.8. The molecule has 0 saturated carbocycles. The van der Waals surface area contributed by atoms with Crippen LogP contribution in [0.4, 0.5) is 5.82 Å². The molecule has 0 saturated heterocycles. The summed E-state index contributed by atoms with van der Waals surface area (Å²) < 4.78 is 4.58. The predicted octanol–water partition coefficient (Wildman–Crippen LogP) is 1.87. The lowest BCUT2D eigenvalue weighted by Crippen LogP contribution is -2.04. The molecule has 0 aliphatic heterocycles. The molecule has 6 heteroatoms. The van der Waals surface area contributed by atoms with Crippen molar-refractivity contribution in [2.45, 2.75) is 25.3 Å². The lowest BCUT2D eigenvalue weighted by Gasteiger charge is -2.09. The van der Waals surface area contributed by atoms with Crippen LogP contribution in [0.15, 0.2) is 11.4 Å². The van der Waals surface area contributed by atoms with E-state index in [0.717, 1.165) is 23.0 Å². The Bertz CT molecular complexity index is 385. The number of thioether (sulfide) groups is 1. The second-order valence-corrected chi connectivity index (χ2v) is 4.44. The number of aromatic nitrogens is 2. The molecule has 0 amide bonds. The van der Waals surface area contributed by atoms with E-state index < -0.39 is 0 Å². The summed E-state index contributed by atoms with van der Waals surface area (Å²) in [7, 11) is 1.40. The number of nitrogens with zero attached hydrogens (tertiary/aromatic N) is 2. The molecule has 5 nitrogen and oxygen atoms in total. The minimum Gasteiger partial charge on any atom is -0.469 e. The van der Waals surface area contributed by atoms with Gasteiger partial charge in [-0.15, -0.1) is 11.8 Å². The third-order valence-corrected chi connectivity index (χ3v) is 3.25. The second-order valence-electron chi connectivity index (χ2n) is 3.36. The fourth-order valence-electron chi connectivity index (χ4n) is 1.26. The van der Waals surface area contributed by atoms with Gasteiger partial charge in [0.15, 0.2) is 0 Å². The molecular formula is C11H17N3O2S. The van der Waals surface area contributed by atoms with Gasteiger partial charge in [0.05, 0.1) is 13.5 Å². The van der Waals surface area contributed by atoms with E-state index in [2.05, 4.69) is 20.0 Å². The molecule has 1 heterocycles. The summed E-state index contributed by atoms with van der Waals surface area (Å²) >= 11 is 1.54. The molecule has 0 unspecified atom stereocenters. The average Bonchev–Trinajstić information content (AvgIpc) is 2.33. The van der Waals surface area contributed by atoms with Gasteiger partial charge in [-0.2, -0.15) is 0 Å². The molecule has 0 atom stereocenters. The van der Waals surface area contributed by atoms with Crippen LogP contribution in [-0.4, -0.2) is 35.3 Å². The van der Waals surface area contributed by atoms with Crippen molar-refractivity contribution in [1.82, 2.24) is 9.97 Å². The first-order valence-electron chi connectivity index (χ1n) is 5.44. The SMILES string of the molecule is CCNc1ncnc(SCCC(=O)OC)c1C. The third kappa shape index (κ3) is 4.22. The van der Waals surface area contributed by atoms with Crippen LogP contribution in [0.3, 0.4) is 0 Å². The lowest BCUT2D eigenvalue weighted by atomic mass is 10.3. The van der Waals surface area contributed by atoms with E-state index in [9.17, 15) is 4.79 Å². The number of nitrogens with one attached hydrogen (secondary N) is 1. The van der Waals surface area contributed by atoms with Gasteiger partial charge < -0.3 is 10.1 Å². The normalized spacial score (nSPS) is 10.1. The Morgan fingerprint density at radius 3 is 2.94 bits per heavy atom. The number of esters is 1. The van der Waals surface area contributed by atoms with E-state index in [-0.39, 0.29) is 5.97 Å². The Labute approximate surface area is 105 Å². The predicted molar refractivity (Wildman–Crippen MR) is 68.3 cm³/mol. The quantitative estimate of drug-likeness (QED) is 0.475. The summed E-state index contributed by atoms with van der Waals surface area (Å²) in [5.41, 5.74) is 1.02. The first-order valence-corrected chi connectivity index (χ1v) is 6.42. The van der Waals surface area contributed by atoms with Crippen LogP contribution >= 0.6 is 11.8 Å². The van der Waals surface area contributed by atoms with Crippen molar-refractivity contribution in [3.05, 3.63) is 11.9 Å². The average molecular weight is 255 g/mol. The van der Waals surface area contributed by atoms with Crippen LogP contribution < -0.4 is 5.32 Å². The van der Waals surface area contributed by atoms with E-state index in [1.807, 2.05) is 13.8 Å². The number of rotatable bonds is 6. The molecule has 1 aromatic rings. The highest BCUT2D eigenvalue weighted by Gasteiger charge is 2.08. The molecule has 0 fully saturated rings. The van der Waals surface area contributed by atoms with E-state index >= 15 is 0 Å². The number of carbonyl (C=O) groups is 1. The number of methoxy groups -OCH3 is 1. The zero-order chi connectivity index (χ0) is 12.7. The minimum atomic E-state index is -0.198. The Balaban J connectivity index is 2.59. The fourth-order valence-corrected chi connectivity index (χ4v) is 2.16. The van der Waals surface area contributed by atoms with Gasteiger partial charge in [-0.3, -0.25) is 4.79 Å². The maximum atomic E-state index is 11.0. The molecule has 0 spiro atoms.